The van der Waals surface area contributed by atoms with E-state index in [2.05, 4.69) is 15.9 Å². The summed E-state index contributed by atoms with van der Waals surface area (Å²) in [5, 5.41) is 0. The van der Waals surface area contributed by atoms with Crippen LogP contribution in [0.4, 0.5) is 5.69 Å². The molecule has 0 fully saturated rings. The van der Waals surface area contributed by atoms with Crippen molar-refractivity contribution in [3.8, 4) is 5.75 Å². The molecule has 2 aromatic rings. The molecule has 0 saturated heterocycles. The minimum atomic E-state index is 0.551. The normalized spacial score (nSPS) is 10.2. The maximum absolute atomic E-state index is 5.82. The van der Waals surface area contributed by atoms with Gasteiger partial charge in [-0.25, -0.2) is 0 Å². The van der Waals surface area contributed by atoms with E-state index in [9.17, 15) is 0 Å². The number of anilines is 1. The predicted octanol–water partition coefficient (Wildman–Crippen LogP) is 3.92. The minimum Gasteiger partial charge on any atom is -0.489 e. The van der Waals surface area contributed by atoms with Gasteiger partial charge in [0.15, 0.2) is 0 Å². The lowest BCUT2D eigenvalue weighted by Crippen LogP contribution is -1.97. The zero-order valence-electron chi connectivity index (χ0n) is 9.61. The Labute approximate surface area is 110 Å². The zero-order chi connectivity index (χ0) is 12.3. The highest BCUT2D eigenvalue weighted by molar-refractivity contribution is 9.10. The molecule has 0 aliphatic carbocycles. The molecule has 2 aromatic carbocycles. The Kier molecular flexibility index (Phi) is 3.69. The molecule has 2 N–H and O–H groups in total. The lowest BCUT2D eigenvalue weighted by molar-refractivity contribution is 0.306. The van der Waals surface area contributed by atoms with Crippen LogP contribution < -0.4 is 10.5 Å². The molecule has 0 atom stereocenters. The van der Waals surface area contributed by atoms with Crippen LogP contribution in [0.5, 0.6) is 5.75 Å². The smallest absolute Gasteiger partial charge is 0.121 e. The molecule has 0 heterocycles. The van der Waals surface area contributed by atoms with Crippen LogP contribution in [0.2, 0.25) is 0 Å². The van der Waals surface area contributed by atoms with Gasteiger partial charge in [0, 0.05) is 16.2 Å². The summed E-state index contributed by atoms with van der Waals surface area (Å²) in [7, 11) is 0. The Bertz CT molecular complexity index is 508. The van der Waals surface area contributed by atoms with Gasteiger partial charge in [0.25, 0.3) is 0 Å². The highest BCUT2D eigenvalue weighted by Gasteiger charge is 1.99. The van der Waals surface area contributed by atoms with Crippen LogP contribution in [-0.4, -0.2) is 0 Å². The molecular weight excluding hydrogens is 278 g/mol. The third-order valence-electron chi connectivity index (χ3n) is 2.57. The van der Waals surface area contributed by atoms with Crippen molar-refractivity contribution in [2.75, 3.05) is 5.73 Å². The maximum atomic E-state index is 5.82. The summed E-state index contributed by atoms with van der Waals surface area (Å²) in [6.45, 7) is 2.53. The first-order chi connectivity index (χ1) is 8.15. The van der Waals surface area contributed by atoms with E-state index in [4.69, 9.17) is 10.5 Å². The third kappa shape index (κ3) is 3.24. The summed E-state index contributed by atoms with van der Waals surface area (Å²) in [4.78, 5) is 0. The molecule has 0 aliphatic heterocycles. The Morgan fingerprint density at radius 3 is 2.47 bits per heavy atom. The van der Waals surface area contributed by atoms with E-state index >= 15 is 0 Å². The van der Waals surface area contributed by atoms with Gasteiger partial charge in [-0.1, -0.05) is 34.1 Å². The van der Waals surface area contributed by atoms with Crippen LogP contribution in [0, 0.1) is 6.92 Å². The lowest BCUT2D eigenvalue weighted by atomic mass is 10.2. The average Bonchev–Trinajstić information content (AvgIpc) is 2.33. The van der Waals surface area contributed by atoms with Crippen molar-refractivity contribution in [2.45, 2.75) is 13.5 Å². The second kappa shape index (κ2) is 5.23. The van der Waals surface area contributed by atoms with Crippen molar-refractivity contribution < 1.29 is 4.74 Å². The molecule has 2 rings (SSSR count). The second-order valence-electron chi connectivity index (χ2n) is 3.93. The molecule has 88 valence electrons. The maximum Gasteiger partial charge on any atom is 0.121 e. The van der Waals surface area contributed by atoms with Crippen LogP contribution in [0.1, 0.15) is 11.1 Å². The van der Waals surface area contributed by atoms with Crippen LogP contribution >= 0.6 is 15.9 Å². The SMILES string of the molecule is Cc1ccc(OCc2ccc(Br)cc2)cc1N. The molecule has 3 heteroatoms. The number of nitrogen functional groups attached to an aromatic ring is 1. The molecule has 17 heavy (non-hydrogen) atoms. The van der Waals surface area contributed by atoms with E-state index in [1.807, 2.05) is 49.4 Å². The van der Waals surface area contributed by atoms with Crippen molar-refractivity contribution in [1.29, 1.82) is 0 Å². The first kappa shape index (κ1) is 12.0. The summed E-state index contributed by atoms with van der Waals surface area (Å²) < 4.78 is 6.74. The standard InChI is InChI=1S/C14H14BrNO/c1-10-2-7-13(8-14(10)16)17-9-11-3-5-12(15)6-4-11/h2-8H,9,16H2,1H3. The fourth-order valence-electron chi connectivity index (χ4n) is 1.46. The molecule has 0 unspecified atom stereocenters. The molecule has 0 saturated carbocycles. The topological polar surface area (TPSA) is 35.2 Å². The molecule has 0 bridgehead atoms. The van der Waals surface area contributed by atoms with Gasteiger partial charge < -0.3 is 10.5 Å². The number of benzene rings is 2. The lowest BCUT2D eigenvalue weighted by Gasteiger charge is -2.08. The van der Waals surface area contributed by atoms with Crippen LogP contribution in [0.25, 0.3) is 0 Å². The van der Waals surface area contributed by atoms with Gasteiger partial charge in [-0.15, -0.1) is 0 Å². The molecule has 0 spiro atoms. The number of nitrogens with two attached hydrogens (primary N) is 1. The molecule has 0 aliphatic rings. The summed E-state index contributed by atoms with van der Waals surface area (Å²) in [6, 6.07) is 13.8. The summed E-state index contributed by atoms with van der Waals surface area (Å²) in [5.41, 5.74) is 8.79. The van der Waals surface area contributed by atoms with Gasteiger partial charge in [0.05, 0.1) is 0 Å². The summed E-state index contributed by atoms with van der Waals surface area (Å²) >= 11 is 3.40. The average molecular weight is 292 g/mol. The Morgan fingerprint density at radius 1 is 1.12 bits per heavy atom. The van der Waals surface area contributed by atoms with E-state index in [-0.39, 0.29) is 0 Å². The van der Waals surface area contributed by atoms with E-state index in [1.54, 1.807) is 0 Å². The van der Waals surface area contributed by atoms with Crippen molar-refractivity contribution in [3.63, 3.8) is 0 Å². The summed E-state index contributed by atoms with van der Waals surface area (Å²) in [5.74, 6) is 0.802. The van der Waals surface area contributed by atoms with Crippen molar-refractivity contribution in [3.05, 3.63) is 58.1 Å². The van der Waals surface area contributed by atoms with Crippen molar-refractivity contribution in [2.24, 2.45) is 0 Å². The van der Waals surface area contributed by atoms with Gasteiger partial charge in [-0.05, 0) is 36.2 Å². The van der Waals surface area contributed by atoms with E-state index in [0.29, 0.717) is 6.61 Å². The molecule has 0 radical (unpaired) electrons. The van der Waals surface area contributed by atoms with Crippen molar-refractivity contribution >= 4 is 21.6 Å². The molecule has 2 nitrogen and oxygen atoms in total. The van der Waals surface area contributed by atoms with Crippen molar-refractivity contribution in [1.82, 2.24) is 0 Å². The zero-order valence-corrected chi connectivity index (χ0v) is 11.2. The first-order valence-corrected chi connectivity index (χ1v) is 6.18. The third-order valence-corrected chi connectivity index (χ3v) is 3.10. The largest absolute Gasteiger partial charge is 0.489 e. The number of hydrogen-bond acceptors (Lipinski definition) is 2. The van der Waals surface area contributed by atoms with Crippen LogP contribution in [-0.2, 0) is 6.61 Å². The van der Waals surface area contributed by atoms with Gasteiger partial charge in [-0.3, -0.25) is 0 Å². The minimum absolute atomic E-state index is 0.551. The highest BCUT2D eigenvalue weighted by Crippen LogP contribution is 2.20. The van der Waals surface area contributed by atoms with Gasteiger partial charge in [0.2, 0.25) is 0 Å². The fourth-order valence-corrected chi connectivity index (χ4v) is 1.72. The predicted molar refractivity (Wildman–Crippen MR) is 74.1 cm³/mol. The van der Waals surface area contributed by atoms with E-state index < -0.39 is 0 Å². The number of rotatable bonds is 3. The Balaban J connectivity index is 2.02. The Hall–Kier alpha value is -1.48. The number of halogens is 1. The van der Waals surface area contributed by atoms with E-state index in [0.717, 1.165) is 27.0 Å². The Morgan fingerprint density at radius 2 is 1.82 bits per heavy atom. The number of ether oxygens (including phenoxy) is 1. The summed E-state index contributed by atoms with van der Waals surface area (Å²) in [6.07, 6.45) is 0. The number of hydrogen-bond donors (Lipinski definition) is 1. The highest BCUT2D eigenvalue weighted by atomic mass is 79.9. The number of aryl methyl sites for hydroxylation is 1. The van der Waals surface area contributed by atoms with E-state index in [1.165, 1.54) is 0 Å². The molecule has 0 aromatic heterocycles. The van der Waals surface area contributed by atoms with Crippen LogP contribution in [0.15, 0.2) is 46.9 Å². The second-order valence-corrected chi connectivity index (χ2v) is 4.85. The molecular formula is C14H14BrNO. The van der Waals surface area contributed by atoms with Crippen LogP contribution in [0.3, 0.4) is 0 Å². The monoisotopic (exact) mass is 291 g/mol. The first-order valence-electron chi connectivity index (χ1n) is 5.38. The quantitative estimate of drug-likeness (QED) is 0.870. The van der Waals surface area contributed by atoms with Gasteiger partial charge in [0.1, 0.15) is 12.4 Å². The molecule has 0 amide bonds. The van der Waals surface area contributed by atoms with Gasteiger partial charge >= 0.3 is 0 Å². The fraction of sp³-hybridized carbons (Fsp3) is 0.143. The van der Waals surface area contributed by atoms with Gasteiger partial charge in [-0.2, -0.15) is 0 Å².